The van der Waals surface area contributed by atoms with Gasteiger partial charge in [0.2, 0.25) is 5.91 Å². The van der Waals surface area contributed by atoms with E-state index < -0.39 is 0 Å². The minimum Gasteiger partial charge on any atom is -0.334 e. The molecular formula is C18H28ClN3O. The Bertz CT molecular complexity index is 520. The average molecular weight is 338 g/mol. The van der Waals surface area contributed by atoms with Crippen LogP contribution < -0.4 is 5.73 Å². The Hall–Kier alpha value is -1.10. The molecule has 1 heterocycles. The molecule has 0 spiro atoms. The molecule has 0 radical (unpaired) electrons. The summed E-state index contributed by atoms with van der Waals surface area (Å²) in [4.78, 5) is 17.1. The highest BCUT2D eigenvalue weighted by atomic mass is 35.5. The number of nitrogens with zero attached hydrogens (tertiary/aromatic N) is 2. The molecule has 23 heavy (non-hydrogen) atoms. The Balaban J connectivity index is 0.00000192. The molecule has 1 saturated carbocycles. The number of nitrogens with two attached hydrogens (primary N) is 1. The quantitative estimate of drug-likeness (QED) is 0.866. The molecular weight excluding hydrogens is 310 g/mol. The summed E-state index contributed by atoms with van der Waals surface area (Å²) in [6.45, 7) is 6.14. The predicted molar refractivity (Wildman–Crippen MR) is 95.5 cm³/mol. The van der Waals surface area contributed by atoms with E-state index in [2.05, 4.69) is 28.9 Å². The number of carbonyl (C=O) groups excluding carboxylic acids is 1. The first-order valence-corrected chi connectivity index (χ1v) is 8.35. The number of hydrogen-bond acceptors (Lipinski definition) is 3. The van der Waals surface area contributed by atoms with Crippen LogP contribution in [0, 0.1) is 5.41 Å². The van der Waals surface area contributed by atoms with E-state index in [1.54, 1.807) is 0 Å². The third-order valence-corrected chi connectivity index (χ3v) is 4.99. The van der Waals surface area contributed by atoms with Gasteiger partial charge in [0, 0.05) is 19.1 Å². The highest BCUT2D eigenvalue weighted by Crippen LogP contribution is 2.31. The summed E-state index contributed by atoms with van der Waals surface area (Å²) >= 11 is 0. The van der Waals surface area contributed by atoms with Crippen molar-refractivity contribution >= 4 is 18.3 Å². The molecule has 3 rings (SSSR count). The van der Waals surface area contributed by atoms with Gasteiger partial charge < -0.3 is 10.6 Å². The van der Waals surface area contributed by atoms with Crippen molar-refractivity contribution < 1.29 is 4.79 Å². The lowest BCUT2D eigenvalue weighted by Gasteiger charge is -2.27. The molecule has 1 aliphatic carbocycles. The van der Waals surface area contributed by atoms with Gasteiger partial charge in [-0.15, -0.1) is 12.4 Å². The zero-order valence-corrected chi connectivity index (χ0v) is 14.7. The second-order valence-electron chi connectivity index (χ2n) is 7.21. The van der Waals surface area contributed by atoms with Gasteiger partial charge in [-0.1, -0.05) is 37.3 Å². The summed E-state index contributed by atoms with van der Waals surface area (Å²) < 4.78 is 0. The van der Waals surface area contributed by atoms with Crippen molar-refractivity contribution in [3.8, 4) is 0 Å². The first-order valence-electron chi connectivity index (χ1n) is 8.35. The summed E-state index contributed by atoms with van der Waals surface area (Å²) in [5.74, 6) is 0.271. The van der Waals surface area contributed by atoms with Gasteiger partial charge >= 0.3 is 0 Å². The Kier molecular flexibility index (Phi) is 6.06. The van der Waals surface area contributed by atoms with E-state index in [4.69, 9.17) is 5.73 Å². The van der Waals surface area contributed by atoms with Crippen molar-refractivity contribution in [1.82, 2.24) is 9.80 Å². The summed E-state index contributed by atoms with van der Waals surface area (Å²) in [6.07, 6.45) is 3.40. The van der Waals surface area contributed by atoms with E-state index in [-0.39, 0.29) is 23.7 Å². The second kappa shape index (κ2) is 7.65. The van der Waals surface area contributed by atoms with Gasteiger partial charge in [-0.25, -0.2) is 0 Å². The fourth-order valence-electron chi connectivity index (χ4n) is 3.30. The maximum Gasteiger partial charge on any atom is 0.237 e. The molecule has 1 aromatic rings. The molecule has 1 saturated heterocycles. The minimum atomic E-state index is 0. The lowest BCUT2D eigenvalue weighted by Crippen LogP contribution is -2.41. The summed E-state index contributed by atoms with van der Waals surface area (Å²) in [5.41, 5.74) is 7.26. The van der Waals surface area contributed by atoms with E-state index in [9.17, 15) is 4.79 Å². The van der Waals surface area contributed by atoms with Crippen molar-refractivity contribution in [2.75, 3.05) is 26.2 Å². The van der Waals surface area contributed by atoms with Crippen LogP contribution >= 0.6 is 12.4 Å². The SMILES string of the molecule is CC1(CN)CCN(CC(=O)N(Cc2ccccc2)C2CC2)C1.Cl. The number of likely N-dealkylation sites (tertiary alicyclic amines) is 1. The van der Waals surface area contributed by atoms with Crippen molar-refractivity contribution in [2.24, 2.45) is 11.1 Å². The predicted octanol–water partition coefficient (Wildman–Crippen LogP) is 2.27. The van der Waals surface area contributed by atoms with Crippen molar-refractivity contribution in [3.05, 3.63) is 35.9 Å². The second-order valence-corrected chi connectivity index (χ2v) is 7.21. The summed E-state index contributed by atoms with van der Waals surface area (Å²) in [6, 6.07) is 10.8. The molecule has 5 heteroatoms. The smallest absolute Gasteiger partial charge is 0.237 e. The third-order valence-electron chi connectivity index (χ3n) is 4.99. The van der Waals surface area contributed by atoms with Gasteiger partial charge in [0.05, 0.1) is 6.54 Å². The zero-order chi connectivity index (χ0) is 15.6. The highest BCUT2D eigenvalue weighted by Gasteiger charge is 2.36. The maximum atomic E-state index is 12.7. The number of carbonyl (C=O) groups is 1. The number of amides is 1. The lowest BCUT2D eigenvalue weighted by molar-refractivity contribution is -0.133. The molecule has 1 atom stereocenters. The lowest BCUT2D eigenvalue weighted by atomic mass is 9.90. The zero-order valence-electron chi connectivity index (χ0n) is 13.9. The minimum absolute atomic E-state index is 0. The van der Waals surface area contributed by atoms with E-state index in [0.717, 1.165) is 38.9 Å². The van der Waals surface area contributed by atoms with Crippen LogP contribution in [0.3, 0.4) is 0 Å². The van der Waals surface area contributed by atoms with Crippen molar-refractivity contribution in [1.29, 1.82) is 0 Å². The van der Waals surface area contributed by atoms with Gasteiger partial charge in [0.15, 0.2) is 0 Å². The van der Waals surface area contributed by atoms with E-state index in [1.807, 2.05) is 18.2 Å². The Labute approximate surface area is 145 Å². The molecule has 2 fully saturated rings. The molecule has 2 N–H and O–H groups in total. The average Bonchev–Trinajstić information content (AvgIpc) is 3.30. The van der Waals surface area contributed by atoms with Gasteiger partial charge in [0.25, 0.3) is 0 Å². The maximum absolute atomic E-state index is 12.7. The number of benzene rings is 1. The fourth-order valence-corrected chi connectivity index (χ4v) is 3.30. The molecule has 1 unspecified atom stereocenters. The van der Waals surface area contributed by atoms with Crippen LogP contribution in [-0.4, -0.2) is 47.9 Å². The molecule has 1 aliphatic heterocycles. The topological polar surface area (TPSA) is 49.6 Å². The first kappa shape index (κ1) is 18.2. The van der Waals surface area contributed by atoms with Gasteiger partial charge in [-0.05, 0) is 43.3 Å². The number of halogens is 1. The normalized spacial score (nSPS) is 24.3. The Morgan fingerprint density at radius 1 is 1.35 bits per heavy atom. The number of rotatable bonds is 6. The van der Waals surface area contributed by atoms with E-state index in [0.29, 0.717) is 19.1 Å². The van der Waals surface area contributed by atoms with Crippen molar-refractivity contribution in [2.45, 2.75) is 38.8 Å². The fraction of sp³-hybridized carbons (Fsp3) is 0.611. The van der Waals surface area contributed by atoms with Crippen LogP contribution in [0.25, 0.3) is 0 Å². The highest BCUT2D eigenvalue weighted by molar-refractivity contribution is 5.85. The summed E-state index contributed by atoms with van der Waals surface area (Å²) in [7, 11) is 0. The Morgan fingerprint density at radius 3 is 2.61 bits per heavy atom. The van der Waals surface area contributed by atoms with Crippen molar-refractivity contribution in [3.63, 3.8) is 0 Å². The van der Waals surface area contributed by atoms with Crippen LogP contribution in [0.2, 0.25) is 0 Å². The monoisotopic (exact) mass is 337 g/mol. The molecule has 0 bridgehead atoms. The van der Waals surface area contributed by atoms with E-state index in [1.165, 1.54) is 5.56 Å². The Morgan fingerprint density at radius 2 is 2.04 bits per heavy atom. The molecule has 4 nitrogen and oxygen atoms in total. The molecule has 1 amide bonds. The van der Waals surface area contributed by atoms with Gasteiger partial charge in [-0.3, -0.25) is 9.69 Å². The van der Waals surface area contributed by atoms with Crippen LogP contribution in [0.1, 0.15) is 31.7 Å². The third kappa shape index (κ3) is 4.69. The van der Waals surface area contributed by atoms with Crippen LogP contribution in [0.4, 0.5) is 0 Å². The van der Waals surface area contributed by atoms with Crippen LogP contribution in [-0.2, 0) is 11.3 Å². The van der Waals surface area contributed by atoms with E-state index >= 15 is 0 Å². The largest absolute Gasteiger partial charge is 0.334 e. The standard InChI is InChI=1S/C18H27N3O.ClH/c1-18(13-19)9-10-20(14-18)12-17(22)21(16-7-8-16)11-15-5-3-2-4-6-15;/h2-6,16H,7-14,19H2,1H3;1H. The van der Waals surface area contributed by atoms with Crippen LogP contribution in [0.5, 0.6) is 0 Å². The molecule has 1 aromatic carbocycles. The summed E-state index contributed by atoms with van der Waals surface area (Å²) in [5, 5.41) is 0. The van der Waals surface area contributed by atoms with Gasteiger partial charge in [-0.2, -0.15) is 0 Å². The number of hydrogen-bond donors (Lipinski definition) is 1. The van der Waals surface area contributed by atoms with Crippen LogP contribution in [0.15, 0.2) is 30.3 Å². The van der Waals surface area contributed by atoms with Gasteiger partial charge in [0.1, 0.15) is 0 Å². The molecule has 0 aromatic heterocycles. The first-order chi connectivity index (χ1) is 10.6. The molecule has 128 valence electrons. The molecule has 2 aliphatic rings.